The molecule has 0 aromatic carbocycles. The van der Waals surface area contributed by atoms with Gasteiger partial charge in [0, 0.05) is 25.5 Å². The number of piperidine rings is 1. The van der Waals surface area contributed by atoms with Crippen molar-refractivity contribution < 1.29 is 8.42 Å². The molecule has 0 radical (unpaired) electrons. The van der Waals surface area contributed by atoms with Gasteiger partial charge in [-0.1, -0.05) is 13.8 Å². The average molecular weight is 258 g/mol. The molecule has 1 aliphatic rings. The van der Waals surface area contributed by atoms with Gasteiger partial charge in [-0.15, -0.1) is 0 Å². The zero-order valence-electron chi connectivity index (χ0n) is 10.0. The summed E-state index contributed by atoms with van der Waals surface area (Å²) in [6, 6.07) is 0. The fourth-order valence-corrected chi connectivity index (χ4v) is 3.70. The second kappa shape index (κ2) is 4.66. The highest BCUT2D eigenvalue weighted by Crippen LogP contribution is 2.23. The molecule has 1 saturated heterocycles. The summed E-state index contributed by atoms with van der Waals surface area (Å²) in [5, 5.41) is 0. The Morgan fingerprint density at radius 3 is 2.59 bits per heavy atom. The maximum Gasteiger partial charge on any atom is 0.303 e. The summed E-state index contributed by atoms with van der Waals surface area (Å²) < 4.78 is 28.1. The SMILES string of the molecule is CC1CC(C)CN(S(=O)(=O)Nc2ncc[nH]2)C1. The van der Waals surface area contributed by atoms with Gasteiger partial charge in [0.1, 0.15) is 0 Å². The average Bonchev–Trinajstić information content (AvgIpc) is 2.68. The highest BCUT2D eigenvalue weighted by atomic mass is 32.2. The zero-order valence-corrected chi connectivity index (χ0v) is 10.9. The number of hydrogen-bond donors (Lipinski definition) is 2. The first-order valence-electron chi connectivity index (χ1n) is 5.74. The molecular formula is C10H18N4O2S. The van der Waals surface area contributed by atoms with Crippen LogP contribution in [0.15, 0.2) is 12.4 Å². The van der Waals surface area contributed by atoms with Crippen LogP contribution in [0.4, 0.5) is 5.95 Å². The van der Waals surface area contributed by atoms with E-state index in [1.165, 1.54) is 10.5 Å². The highest BCUT2D eigenvalue weighted by molar-refractivity contribution is 7.90. The largest absolute Gasteiger partial charge is 0.330 e. The molecule has 2 atom stereocenters. The normalized spacial score (nSPS) is 26.9. The van der Waals surface area contributed by atoms with Gasteiger partial charge in [0.25, 0.3) is 0 Å². The van der Waals surface area contributed by atoms with Gasteiger partial charge >= 0.3 is 10.2 Å². The Morgan fingerprint density at radius 1 is 1.41 bits per heavy atom. The Balaban J connectivity index is 2.09. The molecule has 7 heteroatoms. The Bertz CT molecular complexity index is 447. The second-order valence-electron chi connectivity index (χ2n) is 4.81. The standard InChI is InChI=1S/C10H18N4O2S/c1-8-5-9(2)7-14(6-8)17(15,16)13-10-11-3-4-12-10/h3-4,8-9H,5-7H2,1-2H3,(H2,11,12,13). The van der Waals surface area contributed by atoms with Crippen LogP contribution < -0.4 is 4.72 Å². The minimum Gasteiger partial charge on any atom is -0.330 e. The number of aromatic amines is 1. The van der Waals surface area contributed by atoms with Crippen molar-refractivity contribution in [2.24, 2.45) is 11.8 Å². The van der Waals surface area contributed by atoms with Gasteiger partial charge in [-0.25, -0.2) is 9.71 Å². The summed E-state index contributed by atoms with van der Waals surface area (Å²) in [5.74, 6) is 1.05. The van der Waals surface area contributed by atoms with Crippen LogP contribution in [0.5, 0.6) is 0 Å². The predicted octanol–water partition coefficient (Wildman–Crippen LogP) is 1.04. The Hall–Kier alpha value is -1.08. The third-order valence-electron chi connectivity index (χ3n) is 2.90. The molecule has 1 aromatic rings. The van der Waals surface area contributed by atoms with Gasteiger partial charge < -0.3 is 4.98 Å². The smallest absolute Gasteiger partial charge is 0.303 e. The molecule has 6 nitrogen and oxygen atoms in total. The van der Waals surface area contributed by atoms with E-state index in [1.807, 2.05) is 0 Å². The molecule has 1 aromatic heterocycles. The molecule has 2 N–H and O–H groups in total. The summed E-state index contributed by atoms with van der Waals surface area (Å²) in [4.78, 5) is 6.59. The van der Waals surface area contributed by atoms with E-state index in [2.05, 4.69) is 28.5 Å². The van der Waals surface area contributed by atoms with Crippen LogP contribution in [0, 0.1) is 11.8 Å². The van der Waals surface area contributed by atoms with E-state index in [0.29, 0.717) is 24.9 Å². The summed E-state index contributed by atoms with van der Waals surface area (Å²) in [6.45, 7) is 5.29. The number of nitrogens with zero attached hydrogens (tertiary/aromatic N) is 2. The lowest BCUT2D eigenvalue weighted by molar-refractivity contribution is 0.223. The maximum absolute atomic E-state index is 12.1. The van der Waals surface area contributed by atoms with Crippen molar-refractivity contribution in [2.75, 3.05) is 17.8 Å². The monoisotopic (exact) mass is 258 g/mol. The predicted molar refractivity (Wildman–Crippen MR) is 65.6 cm³/mol. The topological polar surface area (TPSA) is 78.1 Å². The van der Waals surface area contributed by atoms with Gasteiger partial charge in [0.05, 0.1) is 0 Å². The number of nitrogens with one attached hydrogen (secondary N) is 2. The van der Waals surface area contributed by atoms with E-state index in [1.54, 1.807) is 6.20 Å². The van der Waals surface area contributed by atoms with E-state index in [9.17, 15) is 8.42 Å². The third-order valence-corrected chi connectivity index (χ3v) is 4.33. The Kier molecular flexibility index (Phi) is 3.39. The van der Waals surface area contributed by atoms with Crippen molar-refractivity contribution >= 4 is 16.2 Å². The zero-order chi connectivity index (χ0) is 12.5. The molecule has 96 valence electrons. The van der Waals surface area contributed by atoms with Crippen LogP contribution in [0.1, 0.15) is 20.3 Å². The van der Waals surface area contributed by atoms with Crippen molar-refractivity contribution in [1.82, 2.24) is 14.3 Å². The van der Waals surface area contributed by atoms with Crippen LogP contribution in [0.3, 0.4) is 0 Å². The van der Waals surface area contributed by atoms with E-state index >= 15 is 0 Å². The van der Waals surface area contributed by atoms with Crippen LogP contribution in [0.25, 0.3) is 0 Å². The van der Waals surface area contributed by atoms with Crippen LogP contribution in [-0.4, -0.2) is 35.8 Å². The van der Waals surface area contributed by atoms with Crippen LogP contribution in [-0.2, 0) is 10.2 Å². The van der Waals surface area contributed by atoms with E-state index in [-0.39, 0.29) is 5.95 Å². The fourth-order valence-electron chi connectivity index (χ4n) is 2.31. The molecular weight excluding hydrogens is 240 g/mol. The molecule has 0 saturated carbocycles. The fraction of sp³-hybridized carbons (Fsp3) is 0.700. The molecule has 17 heavy (non-hydrogen) atoms. The quantitative estimate of drug-likeness (QED) is 0.850. The lowest BCUT2D eigenvalue weighted by Gasteiger charge is -2.33. The number of aromatic nitrogens is 2. The molecule has 0 spiro atoms. The second-order valence-corrected chi connectivity index (χ2v) is 6.48. The van der Waals surface area contributed by atoms with E-state index in [0.717, 1.165) is 6.42 Å². The molecule has 0 amide bonds. The summed E-state index contributed by atoms with van der Waals surface area (Å²) in [7, 11) is -3.48. The van der Waals surface area contributed by atoms with Crippen LogP contribution in [0.2, 0.25) is 0 Å². The van der Waals surface area contributed by atoms with Crippen molar-refractivity contribution in [3.8, 4) is 0 Å². The van der Waals surface area contributed by atoms with E-state index < -0.39 is 10.2 Å². The molecule has 1 aliphatic heterocycles. The number of anilines is 1. The van der Waals surface area contributed by atoms with Gasteiger partial charge in [0.15, 0.2) is 0 Å². The van der Waals surface area contributed by atoms with Crippen molar-refractivity contribution in [1.29, 1.82) is 0 Å². The highest BCUT2D eigenvalue weighted by Gasteiger charge is 2.30. The first kappa shape index (κ1) is 12.4. The van der Waals surface area contributed by atoms with Gasteiger partial charge in [0.2, 0.25) is 5.95 Å². The molecule has 2 rings (SSSR count). The summed E-state index contributed by atoms with van der Waals surface area (Å²) >= 11 is 0. The van der Waals surface area contributed by atoms with Gasteiger partial charge in [-0.3, -0.25) is 0 Å². The lowest BCUT2D eigenvalue weighted by Crippen LogP contribution is -2.45. The summed E-state index contributed by atoms with van der Waals surface area (Å²) in [6.07, 6.45) is 4.17. The Morgan fingerprint density at radius 2 is 2.06 bits per heavy atom. The van der Waals surface area contributed by atoms with E-state index in [4.69, 9.17) is 0 Å². The molecule has 0 aliphatic carbocycles. The minimum atomic E-state index is -3.48. The third kappa shape index (κ3) is 2.98. The van der Waals surface area contributed by atoms with Crippen molar-refractivity contribution in [3.05, 3.63) is 12.4 Å². The number of rotatable bonds is 3. The van der Waals surface area contributed by atoms with Gasteiger partial charge in [-0.2, -0.15) is 12.7 Å². The number of H-pyrrole nitrogens is 1. The van der Waals surface area contributed by atoms with Crippen molar-refractivity contribution in [2.45, 2.75) is 20.3 Å². The number of imidazole rings is 1. The molecule has 0 bridgehead atoms. The van der Waals surface area contributed by atoms with Gasteiger partial charge in [-0.05, 0) is 18.3 Å². The van der Waals surface area contributed by atoms with Crippen LogP contribution >= 0.6 is 0 Å². The molecule has 1 fully saturated rings. The minimum absolute atomic E-state index is 0.260. The number of hydrogen-bond acceptors (Lipinski definition) is 3. The lowest BCUT2D eigenvalue weighted by atomic mass is 9.94. The molecule has 2 unspecified atom stereocenters. The molecule has 2 heterocycles. The summed E-state index contributed by atoms with van der Waals surface area (Å²) in [5.41, 5.74) is 0. The maximum atomic E-state index is 12.1. The van der Waals surface area contributed by atoms with Crippen molar-refractivity contribution in [3.63, 3.8) is 0 Å². The Labute approximate surface area is 102 Å². The first-order valence-corrected chi connectivity index (χ1v) is 7.18. The first-order chi connectivity index (χ1) is 7.97.